The molecule has 18 heavy (non-hydrogen) atoms. The Morgan fingerprint density at radius 3 is 2.67 bits per heavy atom. The quantitative estimate of drug-likeness (QED) is 0.623. The molecular weight excluding hydrogens is 260 g/mol. The van der Waals surface area contributed by atoms with Crippen LogP contribution in [0.25, 0.3) is 0 Å². The summed E-state index contributed by atoms with van der Waals surface area (Å²) in [6.07, 6.45) is 1.16. The fourth-order valence-corrected chi connectivity index (χ4v) is 2.34. The Balaban J connectivity index is 2.68. The molecule has 2 N–H and O–H groups in total. The van der Waals surface area contributed by atoms with Crippen LogP contribution in [0.3, 0.4) is 0 Å². The lowest BCUT2D eigenvalue weighted by molar-refractivity contribution is 0.0876. The van der Waals surface area contributed by atoms with E-state index in [2.05, 4.69) is 4.98 Å². The van der Waals surface area contributed by atoms with Gasteiger partial charge in [0.1, 0.15) is 0 Å². The minimum atomic E-state index is -3.62. The normalized spacial score (nSPS) is 11.9. The molecule has 0 atom stereocenters. The molecule has 1 aromatic heterocycles. The van der Waals surface area contributed by atoms with Crippen molar-refractivity contribution in [3.8, 4) is 0 Å². The second kappa shape index (κ2) is 6.64. The molecule has 0 aliphatic carbocycles. The summed E-state index contributed by atoms with van der Waals surface area (Å²) in [6, 6.07) is 2.40. The summed E-state index contributed by atoms with van der Waals surface area (Å²) in [4.78, 5) is 13.2. The van der Waals surface area contributed by atoms with E-state index in [1.54, 1.807) is 0 Å². The smallest absolute Gasteiger partial charge is 0.247 e. The molecule has 0 unspecified atom stereocenters. The number of ether oxygens (including phenoxy) is 1. The van der Waals surface area contributed by atoms with E-state index in [1.165, 1.54) is 13.1 Å². The number of aromatic amines is 1. The fraction of sp³-hybridized carbons (Fsp3) is 0.500. The number of aliphatic hydroxyl groups excluding tert-OH is 1. The van der Waals surface area contributed by atoms with Gasteiger partial charge in [0.15, 0.2) is 0 Å². The summed E-state index contributed by atoms with van der Waals surface area (Å²) in [5, 5.41) is 8.50. The number of nitrogens with one attached hydrogen (secondary N) is 1. The van der Waals surface area contributed by atoms with Gasteiger partial charge in [-0.1, -0.05) is 0 Å². The Hall–Kier alpha value is -1.22. The maximum absolute atomic E-state index is 12.0. The molecule has 0 spiro atoms. The highest BCUT2D eigenvalue weighted by atomic mass is 32.2. The van der Waals surface area contributed by atoms with Gasteiger partial charge in [0, 0.05) is 25.9 Å². The van der Waals surface area contributed by atoms with Crippen molar-refractivity contribution in [1.82, 2.24) is 9.29 Å². The van der Waals surface area contributed by atoms with Crippen LogP contribution in [0.15, 0.2) is 28.0 Å². The third-order valence-electron chi connectivity index (χ3n) is 2.25. The van der Waals surface area contributed by atoms with Crippen molar-refractivity contribution >= 4 is 10.0 Å². The first-order chi connectivity index (χ1) is 8.48. The second-order valence-corrected chi connectivity index (χ2v) is 5.60. The van der Waals surface area contributed by atoms with Gasteiger partial charge in [-0.2, -0.15) is 4.31 Å². The maximum atomic E-state index is 12.0. The van der Waals surface area contributed by atoms with Gasteiger partial charge in [0.2, 0.25) is 15.6 Å². The molecule has 0 saturated carbocycles. The Morgan fingerprint density at radius 1 is 1.39 bits per heavy atom. The average molecular weight is 276 g/mol. The minimum Gasteiger partial charge on any atom is -0.394 e. The predicted octanol–water partition coefficient (Wildman–Crippen LogP) is -0.996. The number of likely N-dealkylation sites (N-methyl/N-ethyl adjacent to an activating group) is 1. The van der Waals surface area contributed by atoms with E-state index in [0.29, 0.717) is 0 Å². The number of sulfonamides is 1. The number of pyridine rings is 1. The Bertz CT molecular complexity index is 505. The summed E-state index contributed by atoms with van der Waals surface area (Å²) in [5.74, 6) is 0. The van der Waals surface area contributed by atoms with Gasteiger partial charge in [-0.25, -0.2) is 8.42 Å². The van der Waals surface area contributed by atoms with Gasteiger partial charge in [-0.05, 0) is 6.07 Å². The number of nitrogens with zero attached hydrogens (tertiary/aromatic N) is 1. The van der Waals surface area contributed by atoms with Crippen molar-refractivity contribution in [3.63, 3.8) is 0 Å². The molecule has 0 aromatic carbocycles. The summed E-state index contributed by atoms with van der Waals surface area (Å²) in [6.45, 7) is 0.435. The highest BCUT2D eigenvalue weighted by molar-refractivity contribution is 7.89. The lowest BCUT2D eigenvalue weighted by Crippen LogP contribution is -2.31. The zero-order chi connectivity index (χ0) is 13.6. The Morgan fingerprint density at radius 2 is 2.11 bits per heavy atom. The van der Waals surface area contributed by atoms with Crippen LogP contribution in [-0.4, -0.2) is 56.2 Å². The van der Waals surface area contributed by atoms with E-state index in [1.807, 2.05) is 0 Å². The molecular formula is C10H16N2O5S. The van der Waals surface area contributed by atoms with Gasteiger partial charge in [0.25, 0.3) is 0 Å². The van der Waals surface area contributed by atoms with E-state index >= 15 is 0 Å². The summed E-state index contributed by atoms with van der Waals surface area (Å²) in [7, 11) is -2.20. The first-order valence-corrected chi connectivity index (χ1v) is 6.76. The molecule has 0 saturated heterocycles. The second-order valence-electron chi connectivity index (χ2n) is 3.55. The molecule has 0 aliphatic heterocycles. The molecule has 0 bridgehead atoms. The van der Waals surface area contributed by atoms with Crippen molar-refractivity contribution in [2.75, 3.05) is 33.4 Å². The Labute approximate surface area is 105 Å². The predicted molar refractivity (Wildman–Crippen MR) is 64.8 cm³/mol. The van der Waals surface area contributed by atoms with Crippen LogP contribution in [0.5, 0.6) is 0 Å². The SMILES string of the molecule is CN(CCOCCO)S(=O)(=O)c1ccc(=O)[nH]c1. The molecule has 1 aromatic rings. The van der Waals surface area contributed by atoms with Crippen LogP contribution in [0.4, 0.5) is 0 Å². The summed E-state index contributed by atoms with van der Waals surface area (Å²) < 4.78 is 30.1. The molecule has 0 aliphatic rings. The first-order valence-electron chi connectivity index (χ1n) is 5.32. The van der Waals surface area contributed by atoms with Crippen molar-refractivity contribution in [2.45, 2.75) is 4.90 Å². The topological polar surface area (TPSA) is 99.7 Å². The number of aromatic nitrogens is 1. The van der Waals surface area contributed by atoms with Crippen LogP contribution < -0.4 is 5.56 Å². The fourth-order valence-electron chi connectivity index (χ4n) is 1.22. The largest absolute Gasteiger partial charge is 0.394 e. The molecule has 8 heteroatoms. The van der Waals surface area contributed by atoms with E-state index in [0.717, 1.165) is 16.6 Å². The van der Waals surface area contributed by atoms with Crippen LogP contribution >= 0.6 is 0 Å². The Kier molecular flexibility index (Phi) is 5.48. The lowest BCUT2D eigenvalue weighted by atomic mass is 10.5. The third kappa shape index (κ3) is 3.91. The standard InChI is InChI=1S/C10H16N2O5S/c1-12(4-6-17-7-5-13)18(15,16)9-2-3-10(14)11-8-9/h2-3,8,13H,4-7H2,1H3,(H,11,14). The third-order valence-corrected chi connectivity index (χ3v) is 4.10. The lowest BCUT2D eigenvalue weighted by Gasteiger charge is -2.16. The van der Waals surface area contributed by atoms with Crippen LogP contribution in [0.2, 0.25) is 0 Å². The minimum absolute atomic E-state index is 0.0201. The molecule has 1 heterocycles. The number of rotatable bonds is 7. The summed E-state index contributed by atoms with van der Waals surface area (Å²) in [5.41, 5.74) is -0.358. The zero-order valence-electron chi connectivity index (χ0n) is 10.00. The average Bonchev–Trinajstić information content (AvgIpc) is 2.35. The van der Waals surface area contributed by atoms with Gasteiger partial charge in [0.05, 0.1) is 24.7 Å². The molecule has 0 amide bonds. The van der Waals surface area contributed by atoms with Crippen LogP contribution in [-0.2, 0) is 14.8 Å². The molecule has 102 valence electrons. The highest BCUT2D eigenvalue weighted by Gasteiger charge is 2.20. The van der Waals surface area contributed by atoms with Crippen molar-refractivity contribution < 1.29 is 18.3 Å². The number of hydrogen-bond acceptors (Lipinski definition) is 5. The van der Waals surface area contributed by atoms with E-state index in [4.69, 9.17) is 9.84 Å². The van der Waals surface area contributed by atoms with E-state index in [-0.39, 0.29) is 36.8 Å². The number of aliphatic hydroxyl groups is 1. The highest BCUT2D eigenvalue weighted by Crippen LogP contribution is 2.10. The summed E-state index contributed by atoms with van der Waals surface area (Å²) >= 11 is 0. The first kappa shape index (κ1) is 14.8. The zero-order valence-corrected chi connectivity index (χ0v) is 10.8. The van der Waals surface area contributed by atoms with Crippen LogP contribution in [0, 0.1) is 0 Å². The van der Waals surface area contributed by atoms with Crippen molar-refractivity contribution in [1.29, 1.82) is 0 Å². The molecule has 0 fully saturated rings. The van der Waals surface area contributed by atoms with Crippen LogP contribution in [0.1, 0.15) is 0 Å². The van der Waals surface area contributed by atoms with Gasteiger partial charge < -0.3 is 14.8 Å². The van der Waals surface area contributed by atoms with Crippen molar-refractivity contribution in [2.24, 2.45) is 0 Å². The van der Waals surface area contributed by atoms with Crippen molar-refractivity contribution in [3.05, 3.63) is 28.7 Å². The maximum Gasteiger partial charge on any atom is 0.247 e. The van der Waals surface area contributed by atoms with Gasteiger partial charge in [-0.15, -0.1) is 0 Å². The monoisotopic (exact) mass is 276 g/mol. The number of hydrogen-bond donors (Lipinski definition) is 2. The van der Waals surface area contributed by atoms with Gasteiger partial charge in [-0.3, -0.25) is 4.79 Å². The van der Waals surface area contributed by atoms with Gasteiger partial charge >= 0.3 is 0 Å². The molecule has 7 nitrogen and oxygen atoms in total. The van der Waals surface area contributed by atoms with E-state index < -0.39 is 10.0 Å². The molecule has 1 rings (SSSR count). The number of H-pyrrole nitrogens is 1. The molecule has 0 radical (unpaired) electrons. The van der Waals surface area contributed by atoms with E-state index in [9.17, 15) is 13.2 Å².